The van der Waals surface area contributed by atoms with Gasteiger partial charge in [-0.15, -0.1) is 0 Å². The van der Waals surface area contributed by atoms with Crippen molar-refractivity contribution in [2.75, 3.05) is 0 Å². The highest BCUT2D eigenvalue weighted by Gasteiger charge is 2.00. The Labute approximate surface area is 161 Å². The van der Waals surface area contributed by atoms with E-state index in [9.17, 15) is 9.59 Å². The summed E-state index contributed by atoms with van der Waals surface area (Å²) in [6, 6.07) is 3.95. The molecule has 134 valence electrons. The minimum absolute atomic E-state index is 0. The first-order valence-corrected chi connectivity index (χ1v) is 8.18. The van der Waals surface area contributed by atoms with Crippen molar-refractivity contribution in [3.63, 3.8) is 0 Å². The zero-order chi connectivity index (χ0) is 17.6. The maximum Gasteiger partial charge on any atom is 0.253 e. The van der Waals surface area contributed by atoms with Gasteiger partial charge in [0.25, 0.3) is 11.1 Å². The highest BCUT2D eigenvalue weighted by atomic mass is 127. The van der Waals surface area contributed by atoms with Crippen LogP contribution in [0.25, 0.3) is 0 Å². The van der Waals surface area contributed by atoms with Gasteiger partial charge in [0.1, 0.15) is 0 Å². The maximum absolute atomic E-state index is 11.4. The van der Waals surface area contributed by atoms with Gasteiger partial charge in [-0.25, -0.2) is 0 Å². The summed E-state index contributed by atoms with van der Waals surface area (Å²) in [5.41, 5.74) is 4.42. The van der Waals surface area contributed by atoms with Crippen LogP contribution in [0.5, 0.6) is 0 Å². The molecule has 0 amide bonds. The van der Waals surface area contributed by atoms with Gasteiger partial charge in [-0.3, -0.25) is 9.59 Å². The minimum Gasteiger partial charge on any atom is -1.00 e. The lowest BCUT2D eigenvalue weighted by Gasteiger charge is -2.04. The fourth-order valence-corrected chi connectivity index (χ4v) is 2.46. The van der Waals surface area contributed by atoms with Gasteiger partial charge in [0.2, 0.25) is 0 Å². The molecule has 0 saturated heterocycles. The predicted molar refractivity (Wildman–Crippen MR) is 96.2 cm³/mol. The van der Waals surface area contributed by atoms with Crippen LogP contribution in [0.15, 0.2) is 34.1 Å². The topological polar surface area (TPSA) is 44.0 Å². The summed E-state index contributed by atoms with van der Waals surface area (Å²) < 4.78 is 3.30. The minimum atomic E-state index is 0. The molecule has 0 aromatic carbocycles. The lowest BCUT2D eigenvalue weighted by atomic mass is 10.1. The molecule has 0 spiro atoms. The number of pyridine rings is 2. The van der Waals surface area contributed by atoms with Gasteiger partial charge < -0.3 is 33.1 Å². The van der Waals surface area contributed by atoms with E-state index in [1.54, 1.807) is 23.2 Å². The van der Waals surface area contributed by atoms with Crippen molar-refractivity contribution < 1.29 is 24.0 Å². The van der Waals surface area contributed by atoms with Crippen molar-refractivity contribution in [1.82, 2.24) is 9.13 Å². The highest BCUT2D eigenvalue weighted by molar-refractivity contribution is 5.19. The molecule has 5 heteroatoms. The first kappa shape index (κ1) is 22.6. The van der Waals surface area contributed by atoms with E-state index in [-0.39, 0.29) is 35.1 Å². The third kappa shape index (κ3) is 5.92. The molecule has 0 bridgehead atoms. The van der Waals surface area contributed by atoms with Gasteiger partial charge in [-0.05, 0) is 49.4 Å². The molecule has 0 saturated carbocycles. The van der Waals surface area contributed by atoms with E-state index in [0.717, 1.165) is 30.4 Å². The Hall–Kier alpha value is -1.37. The Bertz CT molecular complexity index is 750. The van der Waals surface area contributed by atoms with Crippen LogP contribution < -0.4 is 35.1 Å². The molecular weight excluding hydrogens is 415 g/mol. The van der Waals surface area contributed by atoms with E-state index >= 15 is 0 Å². The van der Waals surface area contributed by atoms with E-state index in [4.69, 9.17) is 0 Å². The van der Waals surface area contributed by atoms with Gasteiger partial charge in [0, 0.05) is 37.6 Å². The van der Waals surface area contributed by atoms with Crippen LogP contribution in [0.4, 0.5) is 0 Å². The molecule has 4 nitrogen and oxygen atoms in total. The average molecular weight is 443 g/mol. The van der Waals surface area contributed by atoms with E-state index in [1.807, 2.05) is 38.4 Å². The van der Waals surface area contributed by atoms with Crippen LogP contribution in [0.2, 0.25) is 0 Å². The number of rotatable bonds is 3. The summed E-state index contributed by atoms with van der Waals surface area (Å²) in [5, 5.41) is 0. The molecule has 0 fully saturated rings. The largest absolute Gasteiger partial charge is 1.00 e. The third-order valence-electron chi connectivity index (χ3n) is 3.93. The number of hydrogen-bond acceptors (Lipinski definition) is 2. The lowest BCUT2D eigenvalue weighted by molar-refractivity contribution is -0.00000528. The standard InChI is InChI=1S/C10H15NO.C9H13NO.HI/c1-4-8-6-9(5-2)10(12)11(3)7-8;1-4-8-5-7(2)9(11)10(3)6-8;/h6-7H,4-5H2,1-3H3;5-6H,4H2,1-3H3;1H/p-1. The van der Waals surface area contributed by atoms with Gasteiger partial charge in [-0.2, -0.15) is 0 Å². The monoisotopic (exact) mass is 443 g/mol. The second-order valence-corrected chi connectivity index (χ2v) is 5.80. The Kier molecular flexibility index (Phi) is 9.89. The SMILES string of the molecule is CCc1cc(C)c(=O)n(C)c1.CCc1cc(CC)c(=O)n(C)c1.[I-]. The lowest BCUT2D eigenvalue weighted by Crippen LogP contribution is -3.00. The molecule has 0 aliphatic carbocycles. The fourth-order valence-electron chi connectivity index (χ4n) is 2.46. The molecule has 2 heterocycles. The number of hydrogen-bond donors (Lipinski definition) is 0. The van der Waals surface area contributed by atoms with Crippen molar-refractivity contribution in [1.29, 1.82) is 0 Å². The first-order valence-electron chi connectivity index (χ1n) is 8.18. The molecule has 2 aromatic heterocycles. The van der Waals surface area contributed by atoms with Crippen LogP contribution >= 0.6 is 0 Å². The van der Waals surface area contributed by atoms with E-state index < -0.39 is 0 Å². The quantitative estimate of drug-likeness (QED) is 0.616. The molecule has 2 aromatic rings. The summed E-state index contributed by atoms with van der Waals surface area (Å²) in [4.78, 5) is 22.6. The van der Waals surface area contributed by atoms with Gasteiger partial charge in [0.15, 0.2) is 0 Å². The van der Waals surface area contributed by atoms with Gasteiger partial charge in [-0.1, -0.05) is 20.8 Å². The predicted octanol–water partition coefficient (Wildman–Crippen LogP) is -0.230. The Morgan fingerprint density at radius 2 is 1.25 bits per heavy atom. The molecule has 0 aliphatic rings. The van der Waals surface area contributed by atoms with Crippen molar-refractivity contribution in [3.8, 4) is 0 Å². The Balaban J connectivity index is 0.000000425. The van der Waals surface area contributed by atoms with Crippen molar-refractivity contribution in [3.05, 3.63) is 67.5 Å². The van der Waals surface area contributed by atoms with Gasteiger partial charge in [0.05, 0.1) is 0 Å². The summed E-state index contributed by atoms with van der Waals surface area (Å²) in [5.74, 6) is 0. The number of halogens is 1. The summed E-state index contributed by atoms with van der Waals surface area (Å²) in [7, 11) is 3.59. The fraction of sp³-hybridized carbons (Fsp3) is 0.474. The molecular formula is C19H28IN2O2-. The highest BCUT2D eigenvalue weighted by Crippen LogP contribution is 2.01. The zero-order valence-electron chi connectivity index (χ0n) is 15.5. The molecule has 24 heavy (non-hydrogen) atoms. The number of aryl methyl sites for hydroxylation is 6. The summed E-state index contributed by atoms with van der Waals surface area (Å²) >= 11 is 0. The Morgan fingerprint density at radius 3 is 1.67 bits per heavy atom. The molecule has 2 rings (SSSR count). The van der Waals surface area contributed by atoms with Gasteiger partial charge >= 0.3 is 0 Å². The van der Waals surface area contributed by atoms with E-state index in [2.05, 4.69) is 13.8 Å². The van der Waals surface area contributed by atoms with Crippen molar-refractivity contribution in [2.24, 2.45) is 14.1 Å². The van der Waals surface area contributed by atoms with E-state index in [1.165, 1.54) is 11.1 Å². The number of nitrogens with zero attached hydrogens (tertiary/aromatic N) is 2. The molecule has 0 unspecified atom stereocenters. The normalized spacial score (nSPS) is 9.75. The van der Waals surface area contributed by atoms with Crippen LogP contribution in [0.1, 0.15) is 43.0 Å². The van der Waals surface area contributed by atoms with Crippen LogP contribution in [-0.2, 0) is 33.4 Å². The smallest absolute Gasteiger partial charge is 0.253 e. The summed E-state index contributed by atoms with van der Waals surface area (Å²) in [6.45, 7) is 8.04. The molecule has 0 N–H and O–H groups in total. The second-order valence-electron chi connectivity index (χ2n) is 5.80. The van der Waals surface area contributed by atoms with Crippen LogP contribution in [-0.4, -0.2) is 9.13 Å². The van der Waals surface area contributed by atoms with Crippen LogP contribution in [0, 0.1) is 6.92 Å². The zero-order valence-corrected chi connectivity index (χ0v) is 17.7. The van der Waals surface area contributed by atoms with Crippen LogP contribution in [0.3, 0.4) is 0 Å². The third-order valence-corrected chi connectivity index (χ3v) is 3.93. The second kappa shape index (κ2) is 10.5. The average Bonchev–Trinajstić information content (AvgIpc) is 2.55. The first-order chi connectivity index (χ1) is 10.8. The molecule has 0 radical (unpaired) electrons. The van der Waals surface area contributed by atoms with Crippen molar-refractivity contribution >= 4 is 0 Å². The van der Waals surface area contributed by atoms with Crippen molar-refractivity contribution in [2.45, 2.75) is 47.0 Å². The number of aromatic nitrogens is 2. The Morgan fingerprint density at radius 1 is 0.792 bits per heavy atom. The molecule has 0 aliphatic heterocycles. The maximum atomic E-state index is 11.4. The summed E-state index contributed by atoms with van der Waals surface area (Å²) in [6.07, 6.45) is 6.58. The van der Waals surface area contributed by atoms with E-state index in [0.29, 0.717) is 0 Å². The molecule has 0 atom stereocenters.